The first kappa shape index (κ1) is 13.2. The molecule has 0 fully saturated rings. The number of aromatic hydroxyl groups is 1. The molecular weight excluding hydrogens is 248 g/mol. The van der Waals surface area contributed by atoms with Crippen LogP contribution in [0.1, 0.15) is 5.56 Å². The van der Waals surface area contributed by atoms with Crippen molar-refractivity contribution in [2.75, 3.05) is 14.2 Å². The van der Waals surface area contributed by atoms with Crippen LogP contribution in [-0.4, -0.2) is 24.4 Å². The number of phenols is 1. The molecular formula is C14H14O5. The minimum atomic E-state index is -0.430. The standard InChI is InChI=1S/C14H14O5/c1-18-10-6-8-4-3-5-9(7-15)12(16)11(8)13(17)14(10)19-2/h3-6,15,17H,7H2,1-2H3. The first-order valence-corrected chi connectivity index (χ1v) is 5.64. The predicted octanol–water partition coefficient (Wildman–Crippen LogP) is 1.42. The van der Waals surface area contributed by atoms with Crippen LogP contribution >= 0.6 is 0 Å². The van der Waals surface area contributed by atoms with Crippen molar-refractivity contribution in [2.45, 2.75) is 6.61 Å². The van der Waals surface area contributed by atoms with Gasteiger partial charge < -0.3 is 19.7 Å². The summed E-state index contributed by atoms with van der Waals surface area (Å²) in [7, 11) is 2.83. The van der Waals surface area contributed by atoms with Gasteiger partial charge in [0.15, 0.2) is 16.9 Å². The quantitative estimate of drug-likeness (QED) is 0.874. The number of hydrogen-bond donors (Lipinski definition) is 2. The van der Waals surface area contributed by atoms with E-state index >= 15 is 0 Å². The molecule has 2 rings (SSSR count). The molecule has 0 aromatic heterocycles. The molecule has 2 N–H and O–H groups in total. The van der Waals surface area contributed by atoms with Gasteiger partial charge in [0.2, 0.25) is 5.75 Å². The lowest BCUT2D eigenvalue weighted by molar-refractivity contribution is 0.281. The highest BCUT2D eigenvalue weighted by Crippen LogP contribution is 2.40. The molecule has 5 nitrogen and oxygen atoms in total. The van der Waals surface area contributed by atoms with Gasteiger partial charge in [-0.1, -0.05) is 18.2 Å². The minimum Gasteiger partial charge on any atom is -0.504 e. The smallest absolute Gasteiger partial charge is 0.203 e. The van der Waals surface area contributed by atoms with Crippen LogP contribution in [0.25, 0.3) is 10.8 Å². The summed E-state index contributed by atoms with van der Waals surface area (Å²) >= 11 is 0. The maximum atomic E-state index is 12.2. The number of aliphatic hydroxyl groups is 1. The van der Waals surface area contributed by atoms with Crippen LogP contribution in [0.5, 0.6) is 17.2 Å². The number of aliphatic hydroxyl groups excluding tert-OH is 1. The third-order valence-corrected chi connectivity index (χ3v) is 2.94. The van der Waals surface area contributed by atoms with Crippen molar-refractivity contribution >= 4 is 10.8 Å². The van der Waals surface area contributed by atoms with Gasteiger partial charge in [-0.2, -0.15) is 0 Å². The van der Waals surface area contributed by atoms with Crippen molar-refractivity contribution < 1.29 is 19.7 Å². The molecule has 0 saturated heterocycles. The van der Waals surface area contributed by atoms with Gasteiger partial charge in [0.05, 0.1) is 26.2 Å². The minimum absolute atomic E-state index is 0.0992. The molecule has 2 aromatic rings. The van der Waals surface area contributed by atoms with Crippen molar-refractivity contribution in [3.8, 4) is 17.2 Å². The van der Waals surface area contributed by atoms with E-state index < -0.39 is 12.0 Å². The van der Waals surface area contributed by atoms with E-state index in [9.17, 15) is 9.90 Å². The normalized spacial score (nSPS) is 10.5. The molecule has 5 heteroatoms. The molecule has 0 spiro atoms. The summed E-state index contributed by atoms with van der Waals surface area (Å²) in [6.07, 6.45) is 0. The number of ether oxygens (including phenoxy) is 2. The number of fused-ring (bicyclic) bond motifs is 1. The highest BCUT2D eigenvalue weighted by atomic mass is 16.5. The third-order valence-electron chi connectivity index (χ3n) is 2.94. The molecule has 0 amide bonds. The number of methoxy groups -OCH3 is 2. The van der Waals surface area contributed by atoms with E-state index in [1.54, 1.807) is 18.2 Å². The van der Waals surface area contributed by atoms with Crippen LogP contribution in [-0.2, 0) is 6.61 Å². The number of rotatable bonds is 3. The summed E-state index contributed by atoms with van der Waals surface area (Å²) in [6, 6.07) is 6.43. The van der Waals surface area contributed by atoms with E-state index in [1.165, 1.54) is 20.3 Å². The zero-order valence-electron chi connectivity index (χ0n) is 10.6. The molecule has 0 heterocycles. The van der Waals surface area contributed by atoms with E-state index in [4.69, 9.17) is 14.6 Å². The zero-order valence-corrected chi connectivity index (χ0v) is 10.6. The van der Waals surface area contributed by atoms with Gasteiger partial charge in [0, 0.05) is 5.56 Å². The lowest BCUT2D eigenvalue weighted by atomic mass is 10.1. The van der Waals surface area contributed by atoms with Crippen LogP contribution in [0.2, 0.25) is 0 Å². The predicted molar refractivity (Wildman–Crippen MR) is 70.9 cm³/mol. The van der Waals surface area contributed by atoms with Gasteiger partial charge >= 0.3 is 0 Å². The first-order valence-electron chi connectivity index (χ1n) is 5.64. The Bertz CT molecular complexity index is 679. The SMILES string of the molecule is COc1cc2cccc(CO)c(=O)c2c(O)c1OC. The first-order chi connectivity index (χ1) is 9.13. The van der Waals surface area contributed by atoms with Crippen molar-refractivity contribution in [1.82, 2.24) is 0 Å². The molecule has 100 valence electrons. The van der Waals surface area contributed by atoms with Crippen LogP contribution in [0, 0.1) is 0 Å². The molecule has 0 aliphatic carbocycles. The fourth-order valence-corrected chi connectivity index (χ4v) is 1.99. The molecule has 0 unspecified atom stereocenters. The van der Waals surface area contributed by atoms with E-state index in [0.717, 1.165) is 0 Å². The second kappa shape index (κ2) is 5.16. The molecule has 0 aliphatic heterocycles. The Kier molecular flexibility index (Phi) is 3.57. The average Bonchev–Trinajstić information content (AvgIpc) is 2.57. The number of benzene rings is 1. The Morgan fingerprint density at radius 3 is 2.53 bits per heavy atom. The average molecular weight is 262 g/mol. The van der Waals surface area contributed by atoms with Gasteiger partial charge in [-0.25, -0.2) is 0 Å². The number of hydrogen-bond acceptors (Lipinski definition) is 5. The topological polar surface area (TPSA) is 76.0 Å². The van der Waals surface area contributed by atoms with Crippen LogP contribution in [0.3, 0.4) is 0 Å². The lowest BCUT2D eigenvalue weighted by Crippen LogP contribution is -2.06. The molecule has 0 saturated carbocycles. The van der Waals surface area contributed by atoms with Crippen molar-refractivity contribution in [1.29, 1.82) is 0 Å². The van der Waals surface area contributed by atoms with Gasteiger partial charge in [-0.15, -0.1) is 0 Å². The van der Waals surface area contributed by atoms with E-state index in [1.807, 2.05) is 0 Å². The van der Waals surface area contributed by atoms with Gasteiger partial charge in [0.25, 0.3) is 0 Å². The van der Waals surface area contributed by atoms with Crippen LogP contribution in [0.15, 0.2) is 29.1 Å². The molecule has 0 aliphatic rings. The Labute approximate surface area is 109 Å². The summed E-state index contributed by atoms with van der Waals surface area (Å²) in [5, 5.41) is 20.0. The van der Waals surface area contributed by atoms with E-state index in [2.05, 4.69) is 0 Å². The summed E-state index contributed by atoms with van der Waals surface area (Å²) in [6.45, 7) is -0.392. The highest BCUT2D eigenvalue weighted by Gasteiger charge is 2.16. The summed E-state index contributed by atoms with van der Waals surface area (Å²) in [5.74, 6) is 0.151. The van der Waals surface area contributed by atoms with Crippen LogP contribution in [0.4, 0.5) is 0 Å². The summed E-state index contributed by atoms with van der Waals surface area (Å²) in [4.78, 5) is 12.2. The summed E-state index contributed by atoms with van der Waals surface area (Å²) in [5.41, 5.74) is -0.224. The van der Waals surface area contributed by atoms with E-state index in [0.29, 0.717) is 11.1 Å². The molecule has 0 radical (unpaired) electrons. The maximum Gasteiger partial charge on any atom is 0.203 e. The Morgan fingerprint density at radius 1 is 1.21 bits per heavy atom. The van der Waals surface area contributed by atoms with Crippen molar-refractivity contribution in [3.63, 3.8) is 0 Å². The molecule has 2 aromatic carbocycles. The van der Waals surface area contributed by atoms with Gasteiger partial charge in [-0.05, 0) is 11.5 Å². The van der Waals surface area contributed by atoms with E-state index in [-0.39, 0.29) is 22.4 Å². The zero-order chi connectivity index (χ0) is 14.0. The van der Waals surface area contributed by atoms with Crippen LogP contribution < -0.4 is 14.9 Å². The Hall–Kier alpha value is -2.27. The fraction of sp³-hybridized carbons (Fsp3) is 0.214. The number of phenolic OH excluding ortho intramolecular Hbond substituents is 1. The van der Waals surface area contributed by atoms with Gasteiger partial charge in [-0.3, -0.25) is 4.79 Å². The molecule has 0 bridgehead atoms. The third kappa shape index (κ3) is 2.08. The maximum absolute atomic E-state index is 12.2. The highest BCUT2D eigenvalue weighted by molar-refractivity contribution is 5.92. The largest absolute Gasteiger partial charge is 0.504 e. The lowest BCUT2D eigenvalue weighted by Gasteiger charge is -2.10. The second-order valence-electron chi connectivity index (χ2n) is 3.96. The monoisotopic (exact) mass is 262 g/mol. The molecule has 19 heavy (non-hydrogen) atoms. The fourth-order valence-electron chi connectivity index (χ4n) is 1.99. The molecule has 0 atom stereocenters. The Morgan fingerprint density at radius 2 is 1.95 bits per heavy atom. The Balaban J connectivity index is 3.00. The van der Waals surface area contributed by atoms with Crippen molar-refractivity contribution in [3.05, 3.63) is 40.1 Å². The summed E-state index contributed by atoms with van der Waals surface area (Å²) < 4.78 is 10.2. The van der Waals surface area contributed by atoms with Crippen molar-refractivity contribution in [2.24, 2.45) is 0 Å². The second-order valence-corrected chi connectivity index (χ2v) is 3.96. The van der Waals surface area contributed by atoms with Gasteiger partial charge in [0.1, 0.15) is 0 Å².